The Morgan fingerprint density at radius 3 is 2.48 bits per heavy atom. The predicted molar refractivity (Wildman–Crippen MR) is 111 cm³/mol. The van der Waals surface area contributed by atoms with Crippen LogP contribution in [-0.2, 0) is 4.79 Å². The van der Waals surface area contributed by atoms with Crippen LogP contribution in [-0.4, -0.2) is 16.6 Å². The average molecular weight is 433 g/mol. The van der Waals surface area contributed by atoms with Crippen molar-refractivity contribution in [2.24, 2.45) is 0 Å². The molecule has 3 nitrogen and oxygen atoms in total. The lowest BCUT2D eigenvalue weighted by Crippen LogP contribution is -2.13. The Bertz CT molecular complexity index is 873. The van der Waals surface area contributed by atoms with E-state index in [1.165, 1.54) is 28.7 Å². The Kier molecular flexibility index (Phi) is 5.93. The molecule has 1 heterocycles. The normalized spacial score (nSPS) is 10.7. The summed E-state index contributed by atoms with van der Waals surface area (Å²) >= 11 is 6.46. The first-order chi connectivity index (χ1) is 12.0. The quantitative estimate of drug-likeness (QED) is 0.508. The number of aryl methyl sites for hydroxylation is 2. The number of thiazole rings is 1. The third-order valence-corrected chi connectivity index (χ3v) is 5.98. The maximum absolute atomic E-state index is 12.2. The van der Waals surface area contributed by atoms with Gasteiger partial charge in [-0.3, -0.25) is 4.79 Å². The molecule has 1 N–H and O–H groups in total. The van der Waals surface area contributed by atoms with E-state index >= 15 is 0 Å². The van der Waals surface area contributed by atoms with Crippen molar-refractivity contribution in [1.29, 1.82) is 0 Å². The van der Waals surface area contributed by atoms with E-state index < -0.39 is 0 Å². The maximum Gasteiger partial charge on any atom is 0.236 e. The van der Waals surface area contributed by atoms with Gasteiger partial charge in [-0.15, -0.1) is 23.1 Å². The second-order valence-electron chi connectivity index (χ2n) is 5.58. The van der Waals surface area contributed by atoms with Gasteiger partial charge in [0.25, 0.3) is 0 Å². The zero-order valence-corrected chi connectivity index (χ0v) is 17.1. The molecule has 0 aliphatic carbocycles. The van der Waals surface area contributed by atoms with E-state index in [-0.39, 0.29) is 5.91 Å². The minimum atomic E-state index is -0.0401. The number of aromatic nitrogens is 1. The Morgan fingerprint density at radius 1 is 1.12 bits per heavy atom. The monoisotopic (exact) mass is 432 g/mol. The number of anilines is 1. The smallest absolute Gasteiger partial charge is 0.236 e. The van der Waals surface area contributed by atoms with Gasteiger partial charge in [-0.1, -0.05) is 45.8 Å². The molecule has 0 unspecified atom stereocenters. The van der Waals surface area contributed by atoms with Gasteiger partial charge in [-0.25, -0.2) is 4.98 Å². The summed E-state index contributed by atoms with van der Waals surface area (Å²) in [6, 6.07) is 16.2. The number of carbonyl (C=O) groups excluding carboxylic acids is 1. The molecular formula is C19H17BrN2OS2. The van der Waals surface area contributed by atoms with Crippen molar-refractivity contribution in [1.82, 2.24) is 4.98 Å². The summed E-state index contributed by atoms with van der Waals surface area (Å²) in [6.45, 7) is 4.07. The van der Waals surface area contributed by atoms with Crippen LogP contribution in [0.1, 0.15) is 10.4 Å². The number of hydrogen-bond acceptors (Lipinski definition) is 4. The summed E-state index contributed by atoms with van der Waals surface area (Å²) in [5.74, 6) is 0.330. The Balaban J connectivity index is 1.62. The summed E-state index contributed by atoms with van der Waals surface area (Å²) in [6.07, 6.45) is 0. The third kappa shape index (κ3) is 4.93. The molecule has 1 aromatic heterocycles. The fourth-order valence-electron chi connectivity index (χ4n) is 2.26. The highest BCUT2D eigenvalue weighted by Gasteiger charge is 2.12. The lowest BCUT2D eigenvalue weighted by molar-refractivity contribution is -0.113. The van der Waals surface area contributed by atoms with Crippen molar-refractivity contribution in [3.05, 3.63) is 63.4 Å². The first kappa shape index (κ1) is 18.2. The molecule has 3 rings (SSSR count). The molecular weight excluding hydrogens is 416 g/mol. The van der Waals surface area contributed by atoms with E-state index in [1.54, 1.807) is 0 Å². The molecule has 0 spiro atoms. The predicted octanol–water partition coefficient (Wildman–Crippen LogP) is 5.92. The Morgan fingerprint density at radius 2 is 1.80 bits per heavy atom. The van der Waals surface area contributed by atoms with Crippen LogP contribution in [0.2, 0.25) is 0 Å². The summed E-state index contributed by atoms with van der Waals surface area (Å²) in [4.78, 5) is 18.9. The zero-order valence-electron chi connectivity index (χ0n) is 13.9. The maximum atomic E-state index is 12.2. The van der Waals surface area contributed by atoms with Gasteiger partial charge in [0.2, 0.25) is 5.91 Å². The van der Waals surface area contributed by atoms with Crippen LogP contribution in [0.25, 0.3) is 11.3 Å². The molecule has 0 bridgehead atoms. The highest BCUT2D eigenvalue weighted by molar-refractivity contribution is 9.10. The summed E-state index contributed by atoms with van der Waals surface area (Å²) in [7, 11) is 0. The van der Waals surface area contributed by atoms with Crippen LogP contribution in [0.15, 0.2) is 57.9 Å². The molecule has 0 radical (unpaired) electrons. The van der Waals surface area contributed by atoms with E-state index in [2.05, 4.69) is 45.3 Å². The SMILES string of the molecule is Cc1ccc(SCC(=O)Nc2nc(-c3ccc(Br)cc3)c(C)s2)cc1. The fourth-order valence-corrected chi connectivity index (χ4v) is 4.08. The van der Waals surface area contributed by atoms with Crippen LogP contribution < -0.4 is 5.32 Å². The number of hydrogen-bond donors (Lipinski definition) is 1. The molecule has 0 saturated heterocycles. The topological polar surface area (TPSA) is 42.0 Å². The number of nitrogens with one attached hydrogen (secondary N) is 1. The first-order valence-electron chi connectivity index (χ1n) is 7.74. The molecule has 0 aliphatic rings. The minimum Gasteiger partial charge on any atom is -0.301 e. The molecule has 0 fully saturated rings. The summed E-state index contributed by atoms with van der Waals surface area (Å²) < 4.78 is 1.03. The van der Waals surface area contributed by atoms with Gasteiger partial charge >= 0.3 is 0 Å². The molecule has 1 amide bonds. The second-order valence-corrected chi connectivity index (χ2v) is 8.75. The van der Waals surface area contributed by atoms with Crippen LogP contribution in [0, 0.1) is 13.8 Å². The van der Waals surface area contributed by atoms with E-state index in [9.17, 15) is 4.79 Å². The number of carbonyl (C=O) groups is 1. The number of amides is 1. The Hall–Kier alpha value is -1.63. The van der Waals surface area contributed by atoms with Crippen LogP contribution in [0.5, 0.6) is 0 Å². The molecule has 0 atom stereocenters. The molecule has 6 heteroatoms. The van der Waals surface area contributed by atoms with E-state index in [1.807, 2.05) is 43.3 Å². The number of thioether (sulfide) groups is 1. The van der Waals surface area contributed by atoms with Gasteiger partial charge in [0.15, 0.2) is 5.13 Å². The largest absolute Gasteiger partial charge is 0.301 e. The van der Waals surface area contributed by atoms with E-state index in [4.69, 9.17) is 0 Å². The number of rotatable bonds is 5. The van der Waals surface area contributed by atoms with E-state index in [0.717, 1.165) is 25.5 Å². The fraction of sp³-hybridized carbons (Fsp3) is 0.158. The van der Waals surface area contributed by atoms with Crippen molar-refractivity contribution in [2.75, 3.05) is 11.1 Å². The van der Waals surface area contributed by atoms with Crippen molar-refractivity contribution in [3.8, 4) is 11.3 Å². The second kappa shape index (κ2) is 8.17. The highest BCUT2D eigenvalue weighted by atomic mass is 79.9. The Labute approximate surface area is 164 Å². The first-order valence-corrected chi connectivity index (χ1v) is 10.3. The molecule has 0 aliphatic heterocycles. The van der Waals surface area contributed by atoms with E-state index in [0.29, 0.717) is 10.9 Å². The number of benzene rings is 2. The van der Waals surface area contributed by atoms with Crippen molar-refractivity contribution < 1.29 is 4.79 Å². The standard InChI is InChI=1S/C19H17BrN2OS2/c1-12-3-9-16(10-4-12)24-11-17(23)21-19-22-18(13(2)25-19)14-5-7-15(20)8-6-14/h3-10H,11H2,1-2H3,(H,21,22,23). The molecule has 0 saturated carbocycles. The lowest BCUT2D eigenvalue weighted by Gasteiger charge is -2.02. The highest BCUT2D eigenvalue weighted by Crippen LogP contribution is 2.31. The average Bonchev–Trinajstić information content (AvgIpc) is 2.95. The van der Waals surface area contributed by atoms with Crippen LogP contribution in [0.3, 0.4) is 0 Å². The number of nitrogens with zero attached hydrogens (tertiary/aromatic N) is 1. The molecule has 3 aromatic rings. The van der Waals surface area contributed by atoms with Crippen molar-refractivity contribution >= 4 is 50.1 Å². The lowest BCUT2D eigenvalue weighted by atomic mass is 10.1. The van der Waals surface area contributed by atoms with Gasteiger partial charge in [-0.05, 0) is 38.1 Å². The van der Waals surface area contributed by atoms with Crippen LogP contribution in [0.4, 0.5) is 5.13 Å². The summed E-state index contributed by atoms with van der Waals surface area (Å²) in [5.41, 5.74) is 3.18. The molecule has 2 aromatic carbocycles. The van der Waals surface area contributed by atoms with Crippen molar-refractivity contribution in [3.63, 3.8) is 0 Å². The third-order valence-electron chi connectivity index (χ3n) is 3.55. The summed E-state index contributed by atoms with van der Waals surface area (Å²) in [5, 5.41) is 3.55. The zero-order chi connectivity index (χ0) is 17.8. The van der Waals surface area contributed by atoms with Gasteiger partial charge < -0.3 is 5.32 Å². The van der Waals surface area contributed by atoms with Gasteiger partial charge in [0, 0.05) is 19.8 Å². The van der Waals surface area contributed by atoms with Gasteiger partial charge in [0.1, 0.15) is 0 Å². The molecule has 25 heavy (non-hydrogen) atoms. The van der Waals surface area contributed by atoms with Crippen LogP contribution >= 0.6 is 39.0 Å². The van der Waals surface area contributed by atoms with Crippen molar-refractivity contribution in [2.45, 2.75) is 18.7 Å². The minimum absolute atomic E-state index is 0.0401. The van der Waals surface area contributed by atoms with Gasteiger partial charge in [0.05, 0.1) is 11.4 Å². The van der Waals surface area contributed by atoms with Gasteiger partial charge in [-0.2, -0.15) is 0 Å². The molecule has 128 valence electrons. The number of halogens is 1.